The van der Waals surface area contributed by atoms with Crippen molar-refractivity contribution in [2.24, 2.45) is 0 Å². The molecule has 0 saturated carbocycles. The van der Waals surface area contributed by atoms with Gasteiger partial charge in [0.05, 0.1) is 12.6 Å². The lowest BCUT2D eigenvalue weighted by molar-refractivity contribution is -0.00127. The van der Waals surface area contributed by atoms with Gasteiger partial charge in [0.15, 0.2) is 0 Å². The summed E-state index contributed by atoms with van der Waals surface area (Å²) >= 11 is 4.06. The first-order valence-electron chi connectivity index (χ1n) is 9.93. The number of cyclic esters (lactones) is 1. The van der Waals surface area contributed by atoms with Crippen LogP contribution in [-0.4, -0.2) is 41.3 Å². The number of carbonyl (C=O) groups excluding carboxylic acids is 1. The molecule has 1 unspecified atom stereocenters. The van der Waals surface area contributed by atoms with Gasteiger partial charge in [-0.2, -0.15) is 0 Å². The molecule has 1 aliphatic heterocycles. The molecule has 2 heterocycles. The SMILES string of the molecule is O=C(O)c1sc(CCCN2C(=O)OCCC2/C=C/CC(F)(F)c2cccc(Br)c2)cc1F. The Balaban J connectivity index is 1.59. The Kier molecular flexibility index (Phi) is 8.00. The Bertz CT molecular complexity index is 1010. The monoisotopic (exact) mass is 531 g/mol. The first-order valence-corrected chi connectivity index (χ1v) is 11.5. The molecule has 1 atom stereocenters. The molecule has 0 spiro atoms. The van der Waals surface area contributed by atoms with Crippen LogP contribution < -0.4 is 0 Å². The predicted octanol–water partition coefficient (Wildman–Crippen LogP) is 6.23. The van der Waals surface area contributed by atoms with Crippen LogP contribution in [0.5, 0.6) is 0 Å². The Morgan fingerprint density at radius 2 is 2.16 bits per heavy atom. The highest BCUT2D eigenvalue weighted by molar-refractivity contribution is 9.10. The van der Waals surface area contributed by atoms with E-state index in [1.807, 2.05) is 0 Å². The first-order chi connectivity index (χ1) is 15.2. The van der Waals surface area contributed by atoms with E-state index in [1.54, 1.807) is 18.2 Å². The summed E-state index contributed by atoms with van der Waals surface area (Å²) in [5.41, 5.74) is -0.0969. The normalized spacial score (nSPS) is 17.1. The molecular weight excluding hydrogens is 511 g/mol. The number of halogens is 4. The van der Waals surface area contributed by atoms with Crippen molar-refractivity contribution in [3.63, 3.8) is 0 Å². The van der Waals surface area contributed by atoms with Gasteiger partial charge < -0.3 is 14.7 Å². The number of hydrogen-bond donors (Lipinski definition) is 1. The number of thiophene rings is 1. The molecule has 1 fully saturated rings. The number of aromatic carboxylic acids is 1. The summed E-state index contributed by atoms with van der Waals surface area (Å²) < 4.78 is 48.3. The number of allylic oxidation sites excluding steroid dienone is 1. The van der Waals surface area contributed by atoms with E-state index in [0.29, 0.717) is 28.6 Å². The molecule has 10 heteroatoms. The van der Waals surface area contributed by atoms with Crippen molar-refractivity contribution in [3.8, 4) is 0 Å². The molecule has 32 heavy (non-hydrogen) atoms. The van der Waals surface area contributed by atoms with Crippen LogP contribution in [-0.2, 0) is 17.1 Å². The fourth-order valence-electron chi connectivity index (χ4n) is 3.41. The number of aryl methyl sites for hydroxylation is 1. The molecule has 172 valence electrons. The van der Waals surface area contributed by atoms with Crippen LogP contribution in [0.2, 0.25) is 0 Å². The average Bonchev–Trinajstić information content (AvgIpc) is 3.10. The van der Waals surface area contributed by atoms with Crippen LogP contribution in [0.15, 0.2) is 47.0 Å². The number of carboxylic acid groups (broad SMARTS) is 1. The van der Waals surface area contributed by atoms with E-state index in [2.05, 4.69) is 15.9 Å². The highest BCUT2D eigenvalue weighted by atomic mass is 79.9. The average molecular weight is 532 g/mol. The number of amides is 1. The third-order valence-electron chi connectivity index (χ3n) is 5.01. The topological polar surface area (TPSA) is 66.8 Å². The van der Waals surface area contributed by atoms with Gasteiger partial charge in [0, 0.05) is 34.3 Å². The second-order valence-corrected chi connectivity index (χ2v) is 9.36. The third kappa shape index (κ3) is 6.13. The molecule has 5 nitrogen and oxygen atoms in total. The lowest BCUT2D eigenvalue weighted by atomic mass is 10.0. The Morgan fingerprint density at radius 1 is 1.38 bits per heavy atom. The number of nitrogens with zero attached hydrogens (tertiary/aromatic N) is 1. The Labute approximate surface area is 195 Å². The molecule has 1 aliphatic rings. The van der Waals surface area contributed by atoms with Gasteiger partial charge >= 0.3 is 12.1 Å². The van der Waals surface area contributed by atoms with E-state index in [4.69, 9.17) is 9.84 Å². The lowest BCUT2D eigenvalue weighted by Gasteiger charge is -2.33. The van der Waals surface area contributed by atoms with E-state index in [0.717, 1.165) is 11.3 Å². The van der Waals surface area contributed by atoms with Crippen molar-refractivity contribution >= 4 is 39.3 Å². The summed E-state index contributed by atoms with van der Waals surface area (Å²) in [6.07, 6.45) is 3.25. The summed E-state index contributed by atoms with van der Waals surface area (Å²) in [5.74, 6) is -5.14. The van der Waals surface area contributed by atoms with Crippen LogP contribution in [0.4, 0.5) is 18.0 Å². The van der Waals surface area contributed by atoms with Gasteiger partial charge in [-0.05, 0) is 31.0 Å². The number of carbonyl (C=O) groups is 2. The van der Waals surface area contributed by atoms with Crippen molar-refractivity contribution in [1.29, 1.82) is 0 Å². The molecule has 2 aromatic rings. The minimum absolute atomic E-state index is 0.0969. The van der Waals surface area contributed by atoms with Crippen molar-refractivity contribution in [2.45, 2.75) is 37.6 Å². The lowest BCUT2D eigenvalue weighted by Crippen LogP contribution is -2.45. The maximum absolute atomic E-state index is 14.5. The molecule has 1 aromatic heterocycles. The van der Waals surface area contributed by atoms with E-state index in [-0.39, 0.29) is 29.6 Å². The van der Waals surface area contributed by atoms with Gasteiger partial charge in [0.25, 0.3) is 5.92 Å². The summed E-state index contributed by atoms with van der Waals surface area (Å²) in [5, 5.41) is 8.94. The molecule has 1 saturated heterocycles. The molecule has 0 bridgehead atoms. The number of alkyl halides is 2. The largest absolute Gasteiger partial charge is 0.477 e. The second-order valence-electron chi connectivity index (χ2n) is 7.31. The number of benzene rings is 1. The van der Waals surface area contributed by atoms with Gasteiger partial charge in [0.2, 0.25) is 0 Å². The van der Waals surface area contributed by atoms with Crippen LogP contribution >= 0.6 is 27.3 Å². The fraction of sp³-hybridized carbons (Fsp3) is 0.364. The van der Waals surface area contributed by atoms with Crippen LogP contribution in [0.3, 0.4) is 0 Å². The zero-order chi connectivity index (χ0) is 23.3. The van der Waals surface area contributed by atoms with Gasteiger partial charge in [-0.15, -0.1) is 11.3 Å². The number of rotatable bonds is 9. The van der Waals surface area contributed by atoms with Gasteiger partial charge in [-0.3, -0.25) is 0 Å². The van der Waals surface area contributed by atoms with Crippen LogP contribution in [0, 0.1) is 5.82 Å². The number of carboxylic acids is 1. The summed E-state index contributed by atoms with van der Waals surface area (Å²) in [6, 6.07) is 6.77. The van der Waals surface area contributed by atoms with E-state index in [9.17, 15) is 22.8 Å². The summed E-state index contributed by atoms with van der Waals surface area (Å²) in [4.78, 5) is 24.8. The third-order valence-corrected chi connectivity index (χ3v) is 6.66. The maximum Gasteiger partial charge on any atom is 0.410 e. The van der Waals surface area contributed by atoms with Crippen LogP contribution in [0.25, 0.3) is 0 Å². The molecule has 3 rings (SSSR count). The van der Waals surface area contributed by atoms with E-state index >= 15 is 0 Å². The van der Waals surface area contributed by atoms with E-state index in [1.165, 1.54) is 29.2 Å². The second kappa shape index (κ2) is 10.5. The number of ether oxygens (including phenoxy) is 1. The van der Waals surface area contributed by atoms with E-state index < -0.39 is 30.2 Å². The fourth-order valence-corrected chi connectivity index (χ4v) is 4.73. The quantitative estimate of drug-likeness (QED) is 0.389. The van der Waals surface area contributed by atoms with Crippen molar-refractivity contribution in [3.05, 3.63) is 68.1 Å². The summed E-state index contributed by atoms with van der Waals surface area (Å²) in [6.45, 7) is 0.474. The van der Waals surface area contributed by atoms with Gasteiger partial charge in [-0.1, -0.05) is 40.2 Å². The van der Waals surface area contributed by atoms with Crippen molar-refractivity contribution in [1.82, 2.24) is 4.90 Å². The standard InChI is InChI=1S/C22H21BrF3NO4S/c23-15-5-1-4-14(12-15)22(25,26)9-2-6-16-8-11-31-21(30)27(16)10-3-7-17-13-18(24)19(32-17)20(28)29/h1-2,4-6,12-13,16H,3,7-11H2,(H,28,29)/b6-2+. The van der Waals surface area contributed by atoms with Crippen LogP contribution in [0.1, 0.15) is 39.4 Å². The Morgan fingerprint density at radius 3 is 2.84 bits per heavy atom. The van der Waals surface area contributed by atoms with Gasteiger partial charge in [-0.25, -0.2) is 22.8 Å². The Hall–Kier alpha value is -2.33. The van der Waals surface area contributed by atoms with Crippen molar-refractivity contribution in [2.75, 3.05) is 13.2 Å². The smallest absolute Gasteiger partial charge is 0.410 e. The molecule has 0 radical (unpaired) electrons. The highest BCUT2D eigenvalue weighted by Crippen LogP contribution is 2.33. The zero-order valence-corrected chi connectivity index (χ0v) is 19.3. The summed E-state index contributed by atoms with van der Waals surface area (Å²) in [7, 11) is 0. The first kappa shape index (κ1) is 24.3. The molecule has 0 aliphatic carbocycles. The molecule has 1 aromatic carbocycles. The van der Waals surface area contributed by atoms with Gasteiger partial charge in [0.1, 0.15) is 10.7 Å². The number of hydrogen-bond acceptors (Lipinski definition) is 4. The minimum atomic E-state index is -3.05. The predicted molar refractivity (Wildman–Crippen MR) is 118 cm³/mol. The zero-order valence-electron chi connectivity index (χ0n) is 16.9. The highest BCUT2D eigenvalue weighted by Gasteiger charge is 2.31. The maximum atomic E-state index is 14.5. The molecule has 1 N–H and O–H groups in total. The van der Waals surface area contributed by atoms with Crippen molar-refractivity contribution < 1.29 is 32.6 Å². The molecular formula is C22H21BrF3NO4S. The minimum Gasteiger partial charge on any atom is -0.477 e. The molecule has 1 amide bonds.